The van der Waals surface area contributed by atoms with Gasteiger partial charge in [-0.3, -0.25) is 4.79 Å². The fraction of sp³-hybridized carbons (Fsp3) is 0.192. The maximum absolute atomic E-state index is 12.9. The molecule has 2 heterocycles. The van der Waals surface area contributed by atoms with Crippen LogP contribution in [0, 0.1) is 6.92 Å². The van der Waals surface area contributed by atoms with Crippen molar-refractivity contribution >= 4 is 23.6 Å². The molecule has 4 rings (SSSR count). The number of aromatic nitrogens is 3. The van der Waals surface area contributed by atoms with Crippen molar-refractivity contribution in [3.63, 3.8) is 0 Å². The normalized spacial score (nSPS) is 12.0. The summed E-state index contributed by atoms with van der Waals surface area (Å²) in [4.78, 5) is 17.5. The van der Waals surface area contributed by atoms with Crippen LogP contribution >= 0.6 is 0 Å². The number of rotatable bonds is 6. The Kier molecular flexibility index (Phi) is 5.53. The van der Waals surface area contributed by atoms with Crippen LogP contribution in [0.25, 0.3) is 17.8 Å². The van der Waals surface area contributed by atoms with E-state index in [4.69, 9.17) is 0 Å². The smallest absolute Gasteiger partial charge is 0.168 e. The van der Waals surface area contributed by atoms with Crippen LogP contribution in [0.4, 0.5) is 0 Å². The molecule has 2 aromatic carbocycles. The molecule has 0 aliphatic rings. The van der Waals surface area contributed by atoms with Gasteiger partial charge in [-0.25, -0.2) is 9.50 Å². The van der Waals surface area contributed by atoms with Crippen LogP contribution in [0.3, 0.4) is 0 Å². The van der Waals surface area contributed by atoms with Gasteiger partial charge in [-0.2, -0.15) is 5.10 Å². The Balaban J connectivity index is 1.63. The Bertz CT molecular complexity index is 1250. The summed E-state index contributed by atoms with van der Waals surface area (Å²) in [5.74, 6) is -0.0200. The third kappa shape index (κ3) is 4.78. The maximum atomic E-state index is 12.9. The number of carbonyl (C=O) groups excluding carboxylic acids is 1. The highest BCUT2D eigenvalue weighted by Crippen LogP contribution is 2.21. The third-order valence-electron chi connectivity index (χ3n) is 5.13. The van der Waals surface area contributed by atoms with Crippen molar-refractivity contribution in [2.45, 2.75) is 32.8 Å². The Morgan fingerprint density at radius 2 is 1.74 bits per heavy atom. The summed E-state index contributed by atoms with van der Waals surface area (Å²) in [5, 5.41) is 14.6. The fourth-order valence-corrected chi connectivity index (χ4v) is 3.45. The predicted molar refractivity (Wildman–Crippen MR) is 123 cm³/mol. The summed E-state index contributed by atoms with van der Waals surface area (Å²) in [6, 6.07) is 20.9. The number of hydrogen-bond acceptors (Lipinski definition) is 4. The van der Waals surface area contributed by atoms with Gasteiger partial charge in [0.1, 0.15) is 0 Å². The molecule has 1 N–H and O–H groups in total. The summed E-state index contributed by atoms with van der Waals surface area (Å²) in [6.45, 7) is 5.37. The molecule has 0 atom stereocenters. The second-order valence-electron chi connectivity index (χ2n) is 8.21. The lowest BCUT2D eigenvalue weighted by atomic mass is 9.96. The minimum Gasteiger partial charge on any atom is -0.386 e. The van der Waals surface area contributed by atoms with E-state index in [1.165, 1.54) is 0 Å². The molecule has 0 amide bonds. The van der Waals surface area contributed by atoms with Gasteiger partial charge in [-0.1, -0.05) is 60.7 Å². The van der Waals surface area contributed by atoms with E-state index in [1.54, 1.807) is 42.6 Å². The molecule has 0 radical (unpaired) electrons. The second kappa shape index (κ2) is 8.28. The zero-order valence-electron chi connectivity index (χ0n) is 17.9. The molecule has 31 heavy (non-hydrogen) atoms. The number of Topliss-reactive ketones (excluding diaryl/α,β-unsaturated/α-hetero) is 1. The number of benzene rings is 2. The van der Waals surface area contributed by atoms with E-state index in [1.807, 2.05) is 61.5 Å². The maximum Gasteiger partial charge on any atom is 0.168 e. The van der Waals surface area contributed by atoms with Crippen LogP contribution in [0.1, 0.15) is 52.4 Å². The number of aryl methyl sites for hydroxylation is 1. The first-order valence-corrected chi connectivity index (χ1v) is 10.3. The Hall–Kier alpha value is -3.57. The summed E-state index contributed by atoms with van der Waals surface area (Å²) >= 11 is 0. The largest absolute Gasteiger partial charge is 0.386 e. The lowest BCUT2D eigenvalue weighted by Gasteiger charge is -2.17. The topological polar surface area (TPSA) is 67.5 Å². The van der Waals surface area contributed by atoms with Crippen molar-refractivity contribution < 1.29 is 9.90 Å². The lowest BCUT2D eigenvalue weighted by molar-refractivity contribution is 0.0784. The zero-order chi connectivity index (χ0) is 22.0. The standard InChI is InChI=1S/C26H25N3O2/c1-18-15-25-27-22(17-24(30)20-10-12-21(13-11-20)26(2,3)31)16-23(29(25)28-18)14-9-19-7-5-4-6-8-19/h4-16,31H,17H2,1-3H3/b14-9+. The Labute approximate surface area is 181 Å². The lowest BCUT2D eigenvalue weighted by Crippen LogP contribution is -2.15. The molecular weight excluding hydrogens is 386 g/mol. The zero-order valence-corrected chi connectivity index (χ0v) is 17.9. The molecule has 0 fully saturated rings. The van der Waals surface area contributed by atoms with Gasteiger partial charge in [-0.05, 0) is 44.0 Å². The monoisotopic (exact) mass is 411 g/mol. The van der Waals surface area contributed by atoms with Crippen molar-refractivity contribution in [2.24, 2.45) is 0 Å². The molecule has 0 unspecified atom stereocenters. The van der Waals surface area contributed by atoms with Gasteiger partial charge in [0, 0.05) is 11.6 Å². The molecule has 0 bridgehead atoms. The summed E-state index contributed by atoms with van der Waals surface area (Å²) in [5.41, 5.74) is 4.65. The van der Waals surface area contributed by atoms with Gasteiger partial charge >= 0.3 is 0 Å². The highest BCUT2D eigenvalue weighted by molar-refractivity contribution is 5.97. The molecule has 156 valence electrons. The van der Waals surface area contributed by atoms with Crippen molar-refractivity contribution in [1.82, 2.24) is 14.6 Å². The quantitative estimate of drug-likeness (QED) is 0.460. The first kappa shape index (κ1) is 20.7. The first-order chi connectivity index (χ1) is 14.8. The predicted octanol–water partition coefficient (Wildman–Crippen LogP) is 4.86. The van der Waals surface area contributed by atoms with E-state index in [0.29, 0.717) is 16.9 Å². The van der Waals surface area contributed by atoms with Crippen LogP contribution in [-0.2, 0) is 12.0 Å². The molecule has 0 saturated heterocycles. The van der Waals surface area contributed by atoms with Crippen LogP contribution in [-0.4, -0.2) is 25.5 Å². The number of aliphatic hydroxyl groups is 1. The van der Waals surface area contributed by atoms with Gasteiger partial charge in [0.25, 0.3) is 0 Å². The Morgan fingerprint density at radius 3 is 2.42 bits per heavy atom. The average molecular weight is 412 g/mol. The number of fused-ring (bicyclic) bond motifs is 1. The number of ketones is 1. The van der Waals surface area contributed by atoms with Crippen molar-refractivity contribution in [2.75, 3.05) is 0 Å². The number of carbonyl (C=O) groups is 1. The Morgan fingerprint density at radius 1 is 1.03 bits per heavy atom. The number of nitrogens with zero attached hydrogens (tertiary/aromatic N) is 3. The summed E-state index contributed by atoms with van der Waals surface area (Å²) < 4.78 is 1.79. The van der Waals surface area contributed by atoms with E-state index in [9.17, 15) is 9.90 Å². The average Bonchev–Trinajstić information content (AvgIpc) is 3.12. The van der Waals surface area contributed by atoms with Crippen molar-refractivity contribution in [3.05, 3.63) is 101 Å². The SMILES string of the molecule is Cc1cc2nc(CC(=O)c3ccc(C(C)(C)O)cc3)cc(/C=C/c3ccccc3)n2n1. The van der Waals surface area contributed by atoms with Crippen LogP contribution in [0.15, 0.2) is 66.7 Å². The van der Waals surface area contributed by atoms with E-state index in [2.05, 4.69) is 10.1 Å². The van der Waals surface area contributed by atoms with Crippen molar-refractivity contribution in [1.29, 1.82) is 0 Å². The van der Waals surface area contributed by atoms with E-state index in [0.717, 1.165) is 22.5 Å². The van der Waals surface area contributed by atoms with E-state index >= 15 is 0 Å². The second-order valence-corrected chi connectivity index (χ2v) is 8.21. The summed E-state index contributed by atoms with van der Waals surface area (Å²) in [6.07, 6.45) is 4.20. The van der Waals surface area contributed by atoms with Gasteiger partial charge in [0.2, 0.25) is 0 Å². The van der Waals surface area contributed by atoms with Gasteiger partial charge in [0.05, 0.1) is 29.1 Å². The molecule has 2 aromatic heterocycles. The highest BCUT2D eigenvalue weighted by atomic mass is 16.3. The van der Waals surface area contributed by atoms with Crippen LogP contribution in [0.2, 0.25) is 0 Å². The van der Waals surface area contributed by atoms with E-state index in [-0.39, 0.29) is 12.2 Å². The molecule has 0 saturated carbocycles. The first-order valence-electron chi connectivity index (χ1n) is 10.3. The van der Waals surface area contributed by atoms with Crippen LogP contribution < -0.4 is 0 Å². The van der Waals surface area contributed by atoms with Gasteiger partial charge in [0.15, 0.2) is 11.4 Å². The van der Waals surface area contributed by atoms with E-state index < -0.39 is 5.60 Å². The minimum atomic E-state index is -0.936. The molecule has 5 nitrogen and oxygen atoms in total. The molecule has 0 spiro atoms. The van der Waals surface area contributed by atoms with Gasteiger partial charge in [-0.15, -0.1) is 0 Å². The molecule has 4 aromatic rings. The number of hydrogen-bond donors (Lipinski definition) is 1. The third-order valence-corrected chi connectivity index (χ3v) is 5.13. The minimum absolute atomic E-state index is 0.0200. The van der Waals surface area contributed by atoms with Crippen molar-refractivity contribution in [3.8, 4) is 0 Å². The highest BCUT2D eigenvalue weighted by Gasteiger charge is 2.17. The fourth-order valence-electron chi connectivity index (χ4n) is 3.45. The molecule has 0 aliphatic carbocycles. The summed E-state index contributed by atoms with van der Waals surface area (Å²) in [7, 11) is 0. The van der Waals surface area contributed by atoms with Crippen LogP contribution in [0.5, 0.6) is 0 Å². The molecular formula is C26H25N3O2. The van der Waals surface area contributed by atoms with Gasteiger partial charge < -0.3 is 5.11 Å². The molecule has 0 aliphatic heterocycles. The molecule has 5 heteroatoms.